The van der Waals surface area contributed by atoms with Gasteiger partial charge in [-0.05, 0) is 31.3 Å². The van der Waals surface area contributed by atoms with Gasteiger partial charge in [-0.15, -0.1) is 0 Å². The summed E-state index contributed by atoms with van der Waals surface area (Å²) in [6.45, 7) is 1.79. The highest BCUT2D eigenvalue weighted by Gasteiger charge is 2.01. The van der Waals surface area contributed by atoms with Crippen LogP contribution in [0.1, 0.15) is 6.42 Å². The van der Waals surface area contributed by atoms with Gasteiger partial charge in [0.2, 0.25) is 5.91 Å². The second-order valence-electron chi connectivity index (χ2n) is 3.82. The maximum absolute atomic E-state index is 12.6. The minimum atomic E-state index is -0.309. The van der Waals surface area contributed by atoms with Gasteiger partial charge in [0.25, 0.3) is 0 Å². The van der Waals surface area contributed by atoms with Gasteiger partial charge in [-0.25, -0.2) is 4.39 Å². The summed E-state index contributed by atoms with van der Waals surface area (Å²) >= 11 is 0. The topological polar surface area (TPSA) is 55.6 Å². The number of halogens is 1. The summed E-state index contributed by atoms with van der Waals surface area (Å²) in [5.41, 5.74) is 5.04. The monoisotopic (exact) mass is 240 g/mol. The van der Waals surface area contributed by atoms with Gasteiger partial charge in [0.15, 0.2) is 0 Å². The number of amides is 1. The molecule has 0 saturated heterocycles. The van der Waals surface area contributed by atoms with Crippen molar-refractivity contribution in [2.45, 2.75) is 6.42 Å². The van der Waals surface area contributed by atoms with Crippen molar-refractivity contribution in [3.63, 3.8) is 0 Å². The van der Waals surface area contributed by atoms with Crippen LogP contribution in [-0.4, -0.2) is 37.6 Å². The van der Waals surface area contributed by atoms with E-state index in [1.165, 1.54) is 12.1 Å². The number of nitrogens with two attached hydrogens (primary N) is 1. The van der Waals surface area contributed by atoms with Gasteiger partial charge in [0.1, 0.15) is 18.2 Å². The van der Waals surface area contributed by atoms with Crippen molar-refractivity contribution in [1.82, 2.24) is 4.90 Å². The Labute approximate surface area is 100 Å². The Morgan fingerprint density at radius 2 is 2.00 bits per heavy atom. The lowest BCUT2D eigenvalue weighted by Gasteiger charge is -2.15. The molecule has 0 atom stereocenters. The number of ether oxygens (including phenoxy) is 1. The summed E-state index contributed by atoms with van der Waals surface area (Å²) in [6.07, 6.45) is 0.340. The minimum Gasteiger partial charge on any atom is -0.492 e. The fraction of sp³-hybridized carbons (Fsp3) is 0.417. The lowest BCUT2D eigenvalue weighted by molar-refractivity contribution is -0.118. The van der Waals surface area contributed by atoms with Crippen molar-refractivity contribution in [1.29, 1.82) is 0 Å². The third-order valence-electron chi connectivity index (χ3n) is 2.30. The molecule has 0 bridgehead atoms. The zero-order valence-electron chi connectivity index (χ0n) is 9.86. The zero-order chi connectivity index (χ0) is 12.7. The van der Waals surface area contributed by atoms with Gasteiger partial charge in [-0.1, -0.05) is 0 Å². The first-order valence-corrected chi connectivity index (χ1v) is 5.43. The first-order chi connectivity index (χ1) is 8.08. The Morgan fingerprint density at radius 1 is 1.35 bits per heavy atom. The second-order valence-corrected chi connectivity index (χ2v) is 3.82. The van der Waals surface area contributed by atoms with Crippen molar-refractivity contribution in [2.75, 3.05) is 26.7 Å². The van der Waals surface area contributed by atoms with Crippen molar-refractivity contribution in [3.8, 4) is 5.75 Å². The molecule has 0 aliphatic rings. The van der Waals surface area contributed by atoms with Crippen LogP contribution in [0.2, 0.25) is 0 Å². The molecule has 0 saturated carbocycles. The molecular weight excluding hydrogens is 223 g/mol. The van der Waals surface area contributed by atoms with Crippen LogP contribution in [0, 0.1) is 5.82 Å². The molecule has 1 amide bonds. The molecule has 0 radical (unpaired) electrons. The van der Waals surface area contributed by atoms with E-state index in [0.717, 1.165) is 0 Å². The summed E-state index contributed by atoms with van der Waals surface area (Å²) in [4.78, 5) is 12.5. The summed E-state index contributed by atoms with van der Waals surface area (Å²) in [7, 11) is 1.89. The molecule has 0 unspecified atom stereocenters. The number of primary amides is 1. The zero-order valence-corrected chi connectivity index (χ0v) is 9.86. The fourth-order valence-electron chi connectivity index (χ4n) is 1.26. The van der Waals surface area contributed by atoms with Gasteiger partial charge in [-0.3, -0.25) is 4.79 Å². The average Bonchev–Trinajstić information content (AvgIpc) is 2.29. The largest absolute Gasteiger partial charge is 0.492 e. The summed E-state index contributed by atoms with van der Waals surface area (Å²) in [6, 6.07) is 5.87. The molecule has 0 aliphatic heterocycles. The predicted molar refractivity (Wildman–Crippen MR) is 63.2 cm³/mol. The number of hydrogen-bond donors (Lipinski definition) is 1. The Balaban J connectivity index is 2.18. The van der Waals surface area contributed by atoms with E-state index in [4.69, 9.17) is 10.5 Å². The van der Waals surface area contributed by atoms with Gasteiger partial charge in [-0.2, -0.15) is 0 Å². The van der Waals surface area contributed by atoms with Crippen molar-refractivity contribution < 1.29 is 13.9 Å². The average molecular weight is 240 g/mol. The highest BCUT2D eigenvalue weighted by molar-refractivity contribution is 5.73. The van der Waals surface area contributed by atoms with E-state index >= 15 is 0 Å². The second kappa shape index (κ2) is 6.85. The number of hydrogen-bond acceptors (Lipinski definition) is 3. The van der Waals surface area contributed by atoms with Crippen molar-refractivity contribution >= 4 is 5.91 Å². The molecule has 0 fully saturated rings. The van der Waals surface area contributed by atoms with E-state index in [1.807, 2.05) is 11.9 Å². The Hall–Kier alpha value is -1.62. The van der Waals surface area contributed by atoms with E-state index in [2.05, 4.69) is 0 Å². The van der Waals surface area contributed by atoms with Crippen LogP contribution in [0.15, 0.2) is 24.3 Å². The van der Waals surface area contributed by atoms with Crippen molar-refractivity contribution in [2.24, 2.45) is 5.73 Å². The highest BCUT2D eigenvalue weighted by Crippen LogP contribution is 2.10. The molecule has 0 spiro atoms. The molecule has 0 aromatic heterocycles. The van der Waals surface area contributed by atoms with Crippen LogP contribution in [0.25, 0.3) is 0 Å². The Bertz CT molecular complexity index is 354. The summed E-state index contributed by atoms with van der Waals surface area (Å²) in [5, 5.41) is 0. The normalized spacial score (nSPS) is 10.5. The van der Waals surface area contributed by atoms with Gasteiger partial charge in [0.05, 0.1) is 0 Å². The van der Waals surface area contributed by atoms with E-state index in [-0.39, 0.29) is 11.7 Å². The van der Waals surface area contributed by atoms with Crippen LogP contribution in [0.5, 0.6) is 5.75 Å². The lowest BCUT2D eigenvalue weighted by atomic mass is 10.3. The summed E-state index contributed by atoms with van der Waals surface area (Å²) in [5.74, 6) is 0.0435. The molecule has 1 aromatic carbocycles. The van der Waals surface area contributed by atoms with Crippen LogP contribution >= 0.6 is 0 Å². The van der Waals surface area contributed by atoms with E-state index in [9.17, 15) is 9.18 Å². The van der Waals surface area contributed by atoms with E-state index < -0.39 is 0 Å². The predicted octanol–water partition coefficient (Wildman–Crippen LogP) is 1.01. The fourth-order valence-corrected chi connectivity index (χ4v) is 1.26. The van der Waals surface area contributed by atoms with Crippen LogP contribution in [-0.2, 0) is 4.79 Å². The van der Waals surface area contributed by atoms with E-state index in [1.54, 1.807) is 12.1 Å². The first kappa shape index (κ1) is 13.4. The molecular formula is C12H17FN2O2. The smallest absolute Gasteiger partial charge is 0.218 e. The molecule has 0 heterocycles. The maximum atomic E-state index is 12.6. The number of nitrogens with zero attached hydrogens (tertiary/aromatic N) is 1. The molecule has 1 aromatic rings. The SMILES string of the molecule is CN(CCOc1ccc(F)cc1)CCC(N)=O. The molecule has 2 N–H and O–H groups in total. The number of carbonyl (C=O) groups is 1. The highest BCUT2D eigenvalue weighted by atomic mass is 19.1. The van der Waals surface area contributed by atoms with E-state index in [0.29, 0.717) is 31.9 Å². The molecule has 17 heavy (non-hydrogen) atoms. The Morgan fingerprint density at radius 3 is 2.59 bits per heavy atom. The number of benzene rings is 1. The molecule has 94 valence electrons. The minimum absolute atomic E-state index is 0.282. The number of likely N-dealkylation sites (N-methyl/N-ethyl adjacent to an activating group) is 1. The first-order valence-electron chi connectivity index (χ1n) is 5.43. The lowest BCUT2D eigenvalue weighted by Crippen LogP contribution is -2.28. The maximum Gasteiger partial charge on any atom is 0.218 e. The molecule has 5 heteroatoms. The van der Waals surface area contributed by atoms with Gasteiger partial charge in [0, 0.05) is 19.5 Å². The van der Waals surface area contributed by atoms with Crippen molar-refractivity contribution in [3.05, 3.63) is 30.1 Å². The summed E-state index contributed by atoms with van der Waals surface area (Å²) < 4.78 is 18.0. The van der Waals surface area contributed by atoms with Crippen LogP contribution in [0.3, 0.4) is 0 Å². The number of rotatable bonds is 7. The molecule has 4 nitrogen and oxygen atoms in total. The third-order valence-corrected chi connectivity index (χ3v) is 2.30. The van der Waals surface area contributed by atoms with Crippen LogP contribution in [0.4, 0.5) is 4.39 Å². The van der Waals surface area contributed by atoms with Gasteiger partial charge >= 0.3 is 0 Å². The number of carbonyl (C=O) groups excluding carboxylic acids is 1. The van der Waals surface area contributed by atoms with Gasteiger partial charge < -0.3 is 15.4 Å². The molecule has 0 aliphatic carbocycles. The Kier molecular flexibility index (Phi) is 5.42. The van der Waals surface area contributed by atoms with Crippen LogP contribution < -0.4 is 10.5 Å². The quantitative estimate of drug-likeness (QED) is 0.774. The third kappa shape index (κ3) is 5.87. The molecule has 1 rings (SSSR count). The standard InChI is InChI=1S/C12H17FN2O2/c1-15(7-6-12(14)16)8-9-17-11-4-2-10(13)3-5-11/h2-5H,6-9H2,1H3,(H2,14,16).